The molecule has 0 radical (unpaired) electrons. The zero-order valence-electron chi connectivity index (χ0n) is 13.6. The summed E-state index contributed by atoms with van der Waals surface area (Å²) < 4.78 is 4.82. The van der Waals surface area contributed by atoms with Gasteiger partial charge in [-0.3, -0.25) is 4.40 Å². The molecule has 0 N–H and O–H groups in total. The van der Waals surface area contributed by atoms with Crippen molar-refractivity contribution in [3.05, 3.63) is 77.2 Å². The Kier molecular flexibility index (Phi) is 3.53. The molecule has 26 heavy (non-hydrogen) atoms. The minimum Gasteiger partial charge on any atom is -0.265 e. The third kappa shape index (κ3) is 2.48. The molecule has 6 nitrogen and oxygen atoms in total. The molecule has 0 fully saturated rings. The van der Waals surface area contributed by atoms with Gasteiger partial charge < -0.3 is 0 Å². The second-order valence-corrected chi connectivity index (χ2v) is 6.91. The van der Waals surface area contributed by atoms with E-state index in [1.807, 2.05) is 51.5 Å². The molecule has 0 spiro atoms. The second-order valence-electron chi connectivity index (χ2n) is 5.99. The van der Waals surface area contributed by atoms with Crippen molar-refractivity contribution in [3.63, 3.8) is 0 Å². The number of hydrogen-bond acceptors (Lipinski definition) is 4. The summed E-state index contributed by atoms with van der Waals surface area (Å²) in [6, 6.07) is 18.2. The van der Waals surface area contributed by atoms with Crippen molar-refractivity contribution >= 4 is 32.6 Å². The average Bonchev–Trinajstić information content (AvgIpc) is 3.27. The minimum atomic E-state index is 0.668. The van der Waals surface area contributed by atoms with Crippen molar-refractivity contribution in [3.8, 4) is 11.4 Å². The molecule has 2 aromatic carbocycles. The first-order chi connectivity index (χ1) is 12.8. The zero-order valence-corrected chi connectivity index (χ0v) is 15.2. The van der Waals surface area contributed by atoms with E-state index in [2.05, 4.69) is 48.3 Å². The molecule has 3 aromatic heterocycles. The van der Waals surface area contributed by atoms with Gasteiger partial charge in [-0.15, -0.1) is 10.2 Å². The first kappa shape index (κ1) is 15.2. The fourth-order valence-corrected chi connectivity index (χ4v) is 3.30. The number of hydrogen-bond donors (Lipinski definition) is 0. The van der Waals surface area contributed by atoms with Gasteiger partial charge >= 0.3 is 0 Å². The van der Waals surface area contributed by atoms with E-state index < -0.39 is 0 Å². The lowest BCUT2D eigenvalue weighted by molar-refractivity contribution is 0.703. The fraction of sp³-hybridized carbons (Fsp3) is 0.0526. The summed E-state index contributed by atoms with van der Waals surface area (Å²) in [5.74, 6) is 0.762. The predicted molar refractivity (Wildman–Crippen MR) is 103 cm³/mol. The summed E-state index contributed by atoms with van der Waals surface area (Å²) in [5, 5.41) is 14.1. The maximum Gasteiger partial charge on any atom is 0.175 e. The smallest absolute Gasteiger partial charge is 0.175 e. The second kappa shape index (κ2) is 6.03. The Bertz CT molecular complexity index is 1210. The van der Waals surface area contributed by atoms with E-state index in [0.29, 0.717) is 6.54 Å². The summed E-state index contributed by atoms with van der Waals surface area (Å²) >= 11 is 3.45. The van der Waals surface area contributed by atoms with Gasteiger partial charge in [-0.1, -0.05) is 58.4 Å². The van der Waals surface area contributed by atoms with Crippen LogP contribution in [-0.2, 0) is 6.54 Å². The van der Waals surface area contributed by atoms with Gasteiger partial charge in [0.2, 0.25) is 0 Å². The standard InChI is InChI=1S/C19H13BrN6/c20-15-8-6-14(7-9-15)17-23-24-19-16-10-22-26(18(16)21-12-25(17)19)11-13-4-2-1-3-5-13/h1-10,12H,11H2. The van der Waals surface area contributed by atoms with Crippen molar-refractivity contribution in [2.75, 3.05) is 0 Å². The van der Waals surface area contributed by atoms with Gasteiger partial charge in [0.15, 0.2) is 17.1 Å². The van der Waals surface area contributed by atoms with Crippen LogP contribution in [0.2, 0.25) is 0 Å². The number of nitrogens with zero attached hydrogens (tertiary/aromatic N) is 6. The van der Waals surface area contributed by atoms with Gasteiger partial charge in [-0.25, -0.2) is 9.67 Å². The lowest BCUT2D eigenvalue weighted by Crippen LogP contribution is -2.03. The largest absolute Gasteiger partial charge is 0.265 e. The van der Waals surface area contributed by atoms with Crippen LogP contribution in [0.4, 0.5) is 0 Å². The third-order valence-electron chi connectivity index (χ3n) is 4.32. The highest BCUT2D eigenvalue weighted by molar-refractivity contribution is 9.10. The lowest BCUT2D eigenvalue weighted by Gasteiger charge is -2.04. The molecule has 3 heterocycles. The van der Waals surface area contributed by atoms with E-state index in [1.165, 1.54) is 5.56 Å². The maximum atomic E-state index is 4.62. The highest BCUT2D eigenvalue weighted by Gasteiger charge is 2.14. The van der Waals surface area contributed by atoms with Gasteiger partial charge in [0.25, 0.3) is 0 Å². The summed E-state index contributed by atoms with van der Waals surface area (Å²) in [5.41, 5.74) is 3.72. The van der Waals surface area contributed by atoms with Crippen molar-refractivity contribution in [2.24, 2.45) is 0 Å². The van der Waals surface area contributed by atoms with Gasteiger partial charge in [0, 0.05) is 10.0 Å². The van der Waals surface area contributed by atoms with Gasteiger partial charge in [0.1, 0.15) is 6.33 Å². The normalized spacial score (nSPS) is 11.4. The molecule has 0 saturated carbocycles. The van der Waals surface area contributed by atoms with E-state index in [1.54, 1.807) is 12.5 Å². The summed E-state index contributed by atoms with van der Waals surface area (Å²) in [7, 11) is 0. The van der Waals surface area contributed by atoms with Crippen molar-refractivity contribution in [1.82, 2.24) is 29.4 Å². The van der Waals surface area contributed by atoms with E-state index in [4.69, 9.17) is 0 Å². The highest BCUT2D eigenvalue weighted by Crippen LogP contribution is 2.24. The summed E-state index contributed by atoms with van der Waals surface area (Å²) in [6.07, 6.45) is 3.57. The lowest BCUT2D eigenvalue weighted by atomic mass is 10.2. The molecular formula is C19H13BrN6. The Morgan fingerprint density at radius 1 is 0.885 bits per heavy atom. The zero-order chi connectivity index (χ0) is 17.5. The first-order valence-corrected chi connectivity index (χ1v) is 8.94. The molecule has 0 atom stereocenters. The highest BCUT2D eigenvalue weighted by atomic mass is 79.9. The van der Waals surface area contributed by atoms with Crippen LogP contribution in [0, 0.1) is 0 Å². The van der Waals surface area contributed by atoms with Crippen LogP contribution in [0.15, 0.2) is 71.6 Å². The summed E-state index contributed by atoms with van der Waals surface area (Å²) in [6.45, 7) is 0.668. The van der Waals surface area contributed by atoms with Gasteiger partial charge in [-0.05, 0) is 17.7 Å². The molecule has 0 unspecified atom stereocenters. The molecule has 5 aromatic rings. The SMILES string of the molecule is Brc1ccc(-c2nnc3c4cnn(Cc5ccccc5)c4ncn23)cc1. The Morgan fingerprint density at radius 3 is 2.50 bits per heavy atom. The molecule has 0 amide bonds. The number of benzene rings is 2. The number of fused-ring (bicyclic) bond motifs is 3. The molecule has 0 aliphatic carbocycles. The van der Waals surface area contributed by atoms with Crippen LogP contribution >= 0.6 is 15.9 Å². The van der Waals surface area contributed by atoms with E-state index in [-0.39, 0.29) is 0 Å². The molecule has 0 aliphatic rings. The monoisotopic (exact) mass is 404 g/mol. The number of rotatable bonds is 3. The maximum absolute atomic E-state index is 4.62. The molecule has 7 heteroatoms. The van der Waals surface area contributed by atoms with Crippen LogP contribution < -0.4 is 0 Å². The van der Waals surface area contributed by atoms with Crippen LogP contribution in [0.5, 0.6) is 0 Å². The Morgan fingerprint density at radius 2 is 1.69 bits per heavy atom. The fourth-order valence-electron chi connectivity index (χ4n) is 3.04. The Labute approximate surface area is 157 Å². The van der Waals surface area contributed by atoms with Crippen LogP contribution in [0.1, 0.15) is 5.56 Å². The Hall–Kier alpha value is -3.06. The van der Waals surface area contributed by atoms with Gasteiger partial charge in [-0.2, -0.15) is 5.10 Å². The topological polar surface area (TPSA) is 60.9 Å². The van der Waals surface area contributed by atoms with Crippen LogP contribution in [0.3, 0.4) is 0 Å². The van der Waals surface area contributed by atoms with E-state index in [0.717, 1.165) is 32.5 Å². The molecular weight excluding hydrogens is 392 g/mol. The average molecular weight is 405 g/mol. The van der Waals surface area contributed by atoms with Gasteiger partial charge in [0.05, 0.1) is 18.1 Å². The van der Waals surface area contributed by atoms with Crippen molar-refractivity contribution < 1.29 is 0 Å². The number of aromatic nitrogens is 6. The van der Waals surface area contributed by atoms with Crippen LogP contribution in [0.25, 0.3) is 28.1 Å². The quantitative estimate of drug-likeness (QED) is 0.456. The molecule has 0 aliphatic heterocycles. The first-order valence-electron chi connectivity index (χ1n) is 8.15. The number of halogens is 1. The Balaban J connectivity index is 1.62. The van der Waals surface area contributed by atoms with E-state index >= 15 is 0 Å². The predicted octanol–water partition coefficient (Wildman–Crippen LogP) is 3.95. The molecule has 0 bridgehead atoms. The molecule has 5 rings (SSSR count). The molecule has 0 saturated heterocycles. The van der Waals surface area contributed by atoms with Crippen molar-refractivity contribution in [1.29, 1.82) is 0 Å². The van der Waals surface area contributed by atoms with Crippen LogP contribution in [-0.4, -0.2) is 29.4 Å². The summed E-state index contributed by atoms with van der Waals surface area (Å²) in [4.78, 5) is 4.62. The third-order valence-corrected chi connectivity index (χ3v) is 4.85. The van der Waals surface area contributed by atoms with E-state index in [9.17, 15) is 0 Å². The van der Waals surface area contributed by atoms with Crippen molar-refractivity contribution in [2.45, 2.75) is 6.54 Å². The minimum absolute atomic E-state index is 0.668. The molecule has 126 valence electrons.